The Balaban J connectivity index is 1.79. The van der Waals surface area contributed by atoms with Crippen LogP contribution in [0, 0.1) is 10.1 Å². The number of carbonyl (C=O) groups excluding carboxylic acids is 1. The number of methoxy groups -OCH3 is 2. The van der Waals surface area contributed by atoms with E-state index in [0.717, 1.165) is 24.5 Å². The maximum atomic E-state index is 12.1. The quantitative estimate of drug-likeness (QED) is 0.454. The number of nitro groups is 1. The van der Waals surface area contributed by atoms with Gasteiger partial charge in [-0.25, -0.2) is 4.79 Å². The molecule has 2 aromatic rings. The van der Waals surface area contributed by atoms with Crippen LogP contribution in [-0.4, -0.2) is 51.3 Å². The highest BCUT2D eigenvalue weighted by Crippen LogP contribution is 2.29. The summed E-state index contributed by atoms with van der Waals surface area (Å²) in [5.74, 6) is 0.224. The van der Waals surface area contributed by atoms with Crippen molar-refractivity contribution in [1.82, 2.24) is 0 Å². The van der Waals surface area contributed by atoms with Crippen molar-refractivity contribution >= 4 is 23.0 Å². The Kier molecular flexibility index (Phi) is 5.44. The Morgan fingerprint density at radius 3 is 2.37 bits per heavy atom. The highest BCUT2D eigenvalue weighted by Gasteiger charge is 2.24. The van der Waals surface area contributed by atoms with Gasteiger partial charge in [0.05, 0.1) is 30.4 Å². The number of anilines is 2. The SMILES string of the molecule is COC(=O)c1cc([N+](=O)[O-])ccc1N1CCN(c2cccc(OC)c2)CC1. The second-order valence-corrected chi connectivity index (χ2v) is 6.13. The molecule has 0 radical (unpaired) electrons. The number of nitrogens with zero attached hydrogens (tertiary/aromatic N) is 3. The van der Waals surface area contributed by atoms with E-state index in [4.69, 9.17) is 9.47 Å². The Morgan fingerprint density at radius 1 is 1.04 bits per heavy atom. The summed E-state index contributed by atoms with van der Waals surface area (Å²) in [4.78, 5) is 26.9. The van der Waals surface area contributed by atoms with Crippen LogP contribution in [0.2, 0.25) is 0 Å². The van der Waals surface area contributed by atoms with E-state index in [0.29, 0.717) is 18.8 Å². The van der Waals surface area contributed by atoms with Crippen molar-refractivity contribution in [2.24, 2.45) is 0 Å². The smallest absolute Gasteiger partial charge is 0.340 e. The molecule has 1 aliphatic rings. The highest BCUT2D eigenvalue weighted by atomic mass is 16.6. The average molecular weight is 371 g/mol. The first-order valence-electron chi connectivity index (χ1n) is 8.54. The molecule has 0 spiro atoms. The molecule has 0 unspecified atom stereocenters. The van der Waals surface area contributed by atoms with Crippen LogP contribution in [0.5, 0.6) is 5.75 Å². The molecule has 1 heterocycles. The fraction of sp³-hybridized carbons (Fsp3) is 0.316. The number of non-ortho nitro benzene ring substituents is 1. The zero-order chi connectivity index (χ0) is 19.4. The molecule has 2 aromatic carbocycles. The summed E-state index contributed by atoms with van der Waals surface area (Å²) in [5, 5.41) is 11.0. The number of ether oxygens (including phenoxy) is 2. The van der Waals surface area contributed by atoms with E-state index in [2.05, 4.69) is 4.90 Å². The monoisotopic (exact) mass is 371 g/mol. The summed E-state index contributed by atoms with van der Waals surface area (Å²) in [6, 6.07) is 12.2. The molecule has 8 heteroatoms. The fourth-order valence-corrected chi connectivity index (χ4v) is 3.20. The fourth-order valence-electron chi connectivity index (χ4n) is 3.20. The molecule has 0 bridgehead atoms. The second kappa shape index (κ2) is 7.94. The van der Waals surface area contributed by atoms with E-state index in [9.17, 15) is 14.9 Å². The molecule has 0 aliphatic carbocycles. The summed E-state index contributed by atoms with van der Waals surface area (Å²) in [6.45, 7) is 2.87. The lowest BCUT2D eigenvalue weighted by atomic mass is 10.1. The molecule has 3 rings (SSSR count). The molecule has 1 saturated heterocycles. The van der Waals surface area contributed by atoms with Crippen LogP contribution in [0.1, 0.15) is 10.4 Å². The van der Waals surface area contributed by atoms with Crippen LogP contribution in [-0.2, 0) is 4.74 Å². The van der Waals surface area contributed by atoms with E-state index < -0.39 is 10.9 Å². The van der Waals surface area contributed by atoms with Gasteiger partial charge in [0, 0.05) is 50.1 Å². The number of nitro benzene ring substituents is 1. The van der Waals surface area contributed by atoms with Crippen molar-refractivity contribution in [3.05, 3.63) is 58.1 Å². The third kappa shape index (κ3) is 3.94. The lowest BCUT2D eigenvalue weighted by molar-refractivity contribution is -0.384. The number of hydrogen-bond donors (Lipinski definition) is 0. The molecule has 0 aromatic heterocycles. The topological polar surface area (TPSA) is 85.1 Å². The first-order chi connectivity index (χ1) is 13.0. The van der Waals surface area contributed by atoms with Gasteiger partial charge >= 0.3 is 5.97 Å². The van der Waals surface area contributed by atoms with Gasteiger partial charge < -0.3 is 19.3 Å². The van der Waals surface area contributed by atoms with Crippen molar-refractivity contribution in [2.75, 3.05) is 50.2 Å². The number of esters is 1. The van der Waals surface area contributed by atoms with Crippen LogP contribution in [0.3, 0.4) is 0 Å². The minimum atomic E-state index is -0.580. The predicted octanol–water partition coefficient (Wildman–Crippen LogP) is 2.72. The molecule has 1 aliphatic heterocycles. The van der Waals surface area contributed by atoms with Crippen molar-refractivity contribution in [2.45, 2.75) is 0 Å². The normalized spacial score (nSPS) is 14.0. The van der Waals surface area contributed by atoms with E-state index >= 15 is 0 Å². The van der Waals surface area contributed by atoms with Crippen molar-refractivity contribution in [1.29, 1.82) is 0 Å². The lowest BCUT2D eigenvalue weighted by Gasteiger charge is -2.38. The van der Waals surface area contributed by atoms with Gasteiger partial charge in [-0.05, 0) is 18.2 Å². The molecule has 27 heavy (non-hydrogen) atoms. The lowest BCUT2D eigenvalue weighted by Crippen LogP contribution is -2.47. The molecular weight excluding hydrogens is 350 g/mol. The highest BCUT2D eigenvalue weighted by molar-refractivity contribution is 5.96. The van der Waals surface area contributed by atoms with Crippen LogP contribution in [0.15, 0.2) is 42.5 Å². The third-order valence-electron chi connectivity index (χ3n) is 4.64. The molecule has 1 fully saturated rings. The zero-order valence-electron chi connectivity index (χ0n) is 15.3. The molecule has 142 valence electrons. The first kappa shape index (κ1) is 18.5. The maximum absolute atomic E-state index is 12.1. The number of rotatable bonds is 5. The van der Waals surface area contributed by atoms with Gasteiger partial charge in [-0.15, -0.1) is 0 Å². The second-order valence-electron chi connectivity index (χ2n) is 6.13. The molecule has 0 saturated carbocycles. The molecule has 0 N–H and O–H groups in total. The van der Waals surface area contributed by atoms with Crippen molar-refractivity contribution in [3.63, 3.8) is 0 Å². The van der Waals surface area contributed by atoms with Gasteiger partial charge in [0.15, 0.2) is 0 Å². The third-order valence-corrected chi connectivity index (χ3v) is 4.64. The van der Waals surface area contributed by atoms with Gasteiger partial charge in [0.1, 0.15) is 5.75 Å². The summed E-state index contributed by atoms with van der Waals surface area (Å²) in [6.07, 6.45) is 0. The molecule has 8 nitrogen and oxygen atoms in total. The van der Waals surface area contributed by atoms with Crippen molar-refractivity contribution < 1.29 is 19.2 Å². The van der Waals surface area contributed by atoms with Crippen LogP contribution in [0.4, 0.5) is 17.1 Å². The standard InChI is InChI=1S/C19H21N3O5/c1-26-16-5-3-4-14(12-16)20-8-10-21(11-9-20)18-7-6-15(22(24)25)13-17(18)19(23)27-2/h3-7,12-13H,8-11H2,1-2H3. The van der Waals surface area contributed by atoms with Crippen LogP contribution < -0.4 is 14.5 Å². The average Bonchev–Trinajstić information content (AvgIpc) is 2.72. The Hall–Kier alpha value is -3.29. The molecule has 0 amide bonds. The zero-order valence-corrected chi connectivity index (χ0v) is 15.3. The summed E-state index contributed by atoms with van der Waals surface area (Å²) >= 11 is 0. The Labute approximate surface area is 157 Å². The largest absolute Gasteiger partial charge is 0.497 e. The van der Waals surface area contributed by atoms with Crippen LogP contribution in [0.25, 0.3) is 0 Å². The van der Waals surface area contributed by atoms with Gasteiger partial charge in [0.25, 0.3) is 5.69 Å². The van der Waals surface area contributed by atoms with Gasteiger partial charge in [0.2, 0.25) is 0 Å². The van der Waals surface area contributed by atoms with Crippen LogP contribution >= 0.6 is 0 Å². The number of benzene rings is 2. The van der Waals surface area contributed by atoms with Gasteiger partial charge in [-0.2, -0.15) is 0 Å². The summed E-state index contributed by atoms with van der Waals surface area (Å²) in [5.41, 5.74) is 1.80. The Bertz CT molecular complexity index is 847. The van der Waals surface area contributed by atoms with Gasteiger partial charge in [-0.3, -0.25) is 10.1 Å². The van der Waals surface area contributed by atoms with E-state index in [1.807, 2.05) is 29.2 Å². The number of carbonyl (C=O) groups is 1. The van der Waals surface area contributed by atoms with Crippen molar-refractivity contribution in [3.8, 4) is 5.75 Å². The number of hydrogen-bond acceptors (Lipinski definition) is 7. The molecular formula is C19H21N3O5. The first-order valence-corrected chi connectivity index (χ1v) is 8.54. The Morgan fingerprint density at radius 2 is 1.74 bits per heavy atom. The minimum Gasteiger partial charge on any atom is -0.497 e. The summed E-state index contributed by atoms with van der Waals surface area (Å²) in [7, 11) is 2.91. The predicted molar refractivity (Wildman–Crippen MR) is 102 cm³/mol. The summed E-state index contributed by atoms with van der Waals surface area (Å²) < 4.78 is 10.1. The maximum Gasteiger partial charge on any atom is 0.340 e. The van der Waals surface area contributed by atoms with Gasteiger partial charge in [-0.1, -0.05) is 6.07 Å². The number of piperazine rings is 1. The minimum absolute atomic E-state index is 0.130. The van der Waals surface area contributed by atoms with E-state index in [1.165, 1.54) is 19.2 Å². The van der Waals surface area contributed by atoms with E-state index in [-0.39, 0.29) is 11.3 Å². The molecule has 0 atom stereocenters. The van der Waals surface area contributed by atoms with E-state index in [1.54, 1.807) is 13.2 Å².